The van der Waals surface area contributed by atoms with E-state index in [9.17, 15) is 9.59 Å². The lowest BCUT2D eigenvalue weighted by molar-refractivity contribution is 0.0686. The van der Waals surface area contributed by atoms with Gasteiger partial charge in [-0.25, -0.2) is 9.78 Å². The Morgan fingerprint density at radius 2 is 2.03 bits per heavy atom. The lowest BCUT2D eigenvalue weighted by Gasteiger charge is -2.23. The first kappa shape index (κ1) is 21.3. The first-order valence-corrected chi connectivity index (χ1v) is 11.6. The van der Waals surface area contributed by atoms with Crippen LogP contribution >= 0.6 is 11.8 Å². The highest BCUT2D eigenvalue weighted by atomic mass is 32.2. The molecule has 33 heavy (non-hydrogen) atoms. The van der Waals surface area contributed by atoms with Crippen LogP contribution < -0.4 is 20.7 Å². The maximum Gasteiger partial charge on any atom is 0.330 e. The number of fused-ring (bicyclic) bond motifs is 2. The highest BCUT2D eigenvalue weighted by Crippen LogP contribution is 2.36. The van der Waals surface area contributed by atoms with Gasteiger partial charge in [0.25, 0.3) is 16.7 Å². The van der Waals surface area contributed by atoms with Gasteiger partial charge in [0.05, 0.1) is 5.75 Å². The van der Waals surface area contributed by atoms with Crippen molar-refractivity contribution in [2.24, 2.45) is 7.05 Å². The molecule has 1 aliphatic rings. The predicted octanol–water partition coefficient (Wildman–Crippen LogP) is 2.41. The zero-order valence-electron chi connectivity index (χ0n) is 18.1. The van der Waals surface area contributed by atoms with Crippen LogP contribution in [-0.4, -0.2) is 35.9 Å². The first-order valence-electron chi connectivity index (χ1n) is 10.6. The van der Waals surface area contributed by atoms with E-state index in [1.54, 1.807) is 11.6 Å². The molecule has 1 atom stereocenters. The topological polar surface area (TPSA) is 130 Å². The molecule has 0 saturated carbocycles. The number of aromatic nitrogens is 6. The Morgan fingerprint density at radius 3 is 2.85 bits per heavy atom. The summed E-state index contributed by atoms with van der Waals surface area (Å²) in [6.45, 7) is 2.80. The molecule has 0 fully saturated rings. The molecule has 0 spiro atoms. The van der Waals surface area contributed by atoms with Gasteiger partial charge in [-0.15, -0.1) is 10.2 Å². The molecule has 0 amide bonds. The molecule has 1 aromatic carbocycles. The molecule has 1 aliphatic heterocycles. The van der Waals surface area contributed by atoms with E-state index in [1.807, 2.05) is 31.2 Å². The van der Waals surface area contributed by atoms with E-state index in [2.05, 4.69) is 20.2 Å². The van der Waals surface area contributed by atoms with Gasteiger partial charge in [-0.2, -0.15) is 0 Å². The van der Waals surface area contributed by atoms with Gasteiger partial charge in [-0.05, 0) is 18.6 Å². The fourth-order valence-corrected chi connectivity index (χ4v) is 4.37. The number of rotatable bonds is 7. The smallest absolute Gasteiger partial charge is 0.330 e. The lowest BCUT2D eigenvalue weighted by Crippen LogP contribution is -2.31. The van der Waals surface area contributed by atoms with Gasteiger partial charge in [0.2, 0.25) is 6.10 Å². The number of H-pyrrole nitrogens is 1. The second kappa shape index (κ2) is 8.77. The summed E-state index contributed by atoms with van der Waals surface area (Å²) in [5.41, 5.74) is -0.160. The number of benzene rings is 1. The van der Waals surface area contributed by atoms with E-state index in [0.29, 0.717) is 51.9 Å². The fourth-order valence-electron chi connectivity index (χ4n) is 3.62. The Balaban J connectivity index is 1.34. The average molecular weight is 471 g/mol. The van der Waals surface area contributed by atoms with Crippen molar-refractivity contribution >= 4 is 22.9 Å². The van der Waals surface area contributed by atoms with Crippen LogP contribution in [0.5, 0.6) is 11.5 Å². The summed E-state index contributed by atoms with van der Waals surface area (Å²) in [5, 5.41) is 8.52. The van der Waals surface area contributed by atoms with Crippen LogP contribution in [0, 0.1) is 0 Å². The standard InChI is InChI=1S/C21H22N6O5S/c1-3-4-9-27-17-16(18(28)23-20(27)29)26(2)15(22-17)11-33-21-25-24-19(32-21)14-10-30-12-7-5-6-8-13(12)31-14/h5-8,14H,3-4,9-11H2,1-2H3,(H,23,28,29)/t14-/m1/s1. The van der Waals surface area contributed by atoms with Gasteiger partial charge in [0.15, 0.2) is 22.7 Å². The molecule has 0 unspecified atom stereocenters. The first-order chi connectivity index (χ1) is 16.0. The molecule has 0 aliphatic carbocycles. The second-order valence-corrected chi connectivity index (χ2v) is 8.51. The monoisotopic (exact) mass is 470 g/mol. The molecule has 1 N–H and O–H groups in total. The second-order valence-electron chi connectivity index (χ2n) is 7.58. The van der Waals surface area contributed by atoms with Crippen molar-refractivity contribution in [3.63, 3.8) is 0 Å². The SMILES string of the molecule is CCCCn1c(=O)[nH]c(=O)c2c1nc(CSc1nnc([C@H]3COc4ccccc4O3)o1)n2C. The van der Waals surface area contributed by atoms with Crippen molar-refractivity contribution in [3.8, 4) is 11.5 Å². The Bertz CT molecular complexity index is 1420. The summed E-state index contributed by atoms with van der Waals surface area (Å²) >= 11 is 1.29. The van der Waals surface area contributed by atoms with Gasteiger partial charge in [-0.3, -0.25) is 14.3 Å². The van der Waals surface area contributed by atoms with E-state index >= 15 is 0 Å². The number of imidazole rings is 1. The quantitative estimate of drug-likeness (QED) is 0.405. The number of aromatic amines is 1. The summed E-state index contributed by atoms with van der Waals surface area (Å²) < 4.78 is 20.6. The minimum absolute atomic E-state index is 0.270. The van der Waals surface area contributed by atoms with Crippen LogP contribution in [0.25, 0.3) is 11.2 Å². The number of unbranched alkanes of at least 4 members (excludes halogenated alkanes) is 1. The molecule has 11 nitrogen and oxygen atoms in total. The zero-order valence-corrected chi connectivity index (χ0v) is 18.9. The molecule has 172 valence electrons. The van der Waals surface area contributed by atoms with Gasteiger partial charge >= 0.3 is 5.69 Å². The molecule has 3 aromatic heterocycles. The van der Waals surface area contributed by atoms with E-state index < -0.39 is 17.4 Å². The number of hydrogen-bond acceptors (Lipinski definition) is 9. The third kappa shape index (κ3) is 4.01. The molecule has 4 aromatic rings. The molecule has 5 rings (SSSR count). The van der Waals surface area contributed by atoms with Crippen LogP contribution in [-0.2, 0) is 19.3 Å². The number of thioether (sulfide) groups is 1. The number of ether oxygens (including phenoxy) is 2. The minimum Gasteiger partial charge on any atom is -0.485 e. The summed E-state index contributed by atoms with van der Waals surface area (Å²) in [6, 6.07) is 7.40. The van der Waals surface area contributed by atoms with Crippen LogP contribution in [0.1, 0.15) is 37.6 Å². The zero-order chi connectivity index (χ0) is 22.9. The van der Waals surface area contributed by atoms with Gasteiger partial charge in [0, 0.05) is 13.6 Å². The number of para-hydroxylation sites is 2. The molecule has 0 bridgehead atoms. The molecule has 4 heterocycles. The van der Waals surface area contributed by atoms with E-state index in [1.165, 1.54) is 16.3 Å². The Morgan fingerprint density at radius 1 is 1.21 bits per heavy atom. The largest absolute Gasteiger partial charge is 0.485 e. The normalized spacial score (nSPS) is 15.3. The molecule has 0 radical (unpaired) electrons. The summed E-state index contributed by atoms with van der Waals surface area (Å²) in [7, 11) is 1.75. The maximum atomic E-state index is 12.4. The highest BCUT2D eigenvalue weighted by Gasteiger charge is 2.27. The van der Waals surface area contributed by atoms with Gasteiger partial charge in [-0.1, -0.05) is 37.2 Å². The van der Waals surface area contributed by atoms with Gasteiger partial charge < -0.3 is 18.5 Å². The van der Waals surface area contributed by atoms with Crippen molar-refractivity contribution in [1.29, 1.82) is 0 Å². The van der Waals surface area contributed by atoms with Crippen LogP contribution in [0.2, 0.25) is 0 Å². The third-order valence-electron chi connectivity index (χ3n) is 5.37. The highest BCUT2D eigenvalue weighted by molar-refractivity contribution is 7.98. The number of nitrogens with one attached hydrogen (secondary N) is 1. The number of aryl methyl sites for hydroxylation is 2. The van der Waals surface area contributed by atoms with E-state index in [0.717, 1.165) is 12.8 Å². The minimum atomic E-state index is -0.496. The number of nitrogens with zero attached hydrogens (tertiary/aromatic N) is 5. The van der Waals surface area contributed by atoms with E-state index in [4.69, 9.17) is 13.9 Å². The summed E-state index contributed by atoms with van der Waals surface area (Å²) in [5.74, 6) is 2.61. The Hall–Kier alpha value is -3.54. The van der Waals surface area contributed by atoms with Crippen molar-refractivity contribution in [3.05, 3.63) is 56.8 Å². The number of hydrogen-bond donors (Lipinski definition) is 1. The third-order valence-corrected chi connectivity index (χ3v) is 6.19. The fraction of sp³-hybridized carbons (Fsp3) is 0.381. The molecular formula is C21H22N6O5S. The summed E-state index contributed by atoms with van der Waals surface area (Å²) in [6.07, 6.45) is 1.23. The van der Waals surface area contributed by atoms with Crippen molar-refractivity contribution < 1.29 is 13.9 Å². The predicted molar refractivity (Wildman–Crippen MR) is 120 cm³/mol. The van der Waals surface area contributed by atoms with Gasteiger partial charge in [0.1, 0.15) is 12.4 Å². The van der Waals surface area contributed by atoms with Crippen LogP contribution in [0.4, 0.5) is 0 Å². The average Bonchev–Trinajstić information content (AvgIpc) is 3.42. The van der Waals surface area contributed by atoms with Crippen molar-refractivity contribution in [1.82, 2.24) is 29.3 Å². The maximum absolute atomic E-state index is 12.4. The van der Waals surface area contributed by atoms with Crippen LogP contribution in [0.3, 0.4) is 0 Å². The summed E-state index contributed by atoms with van der Waals surface area (Å²) in [4.78, 5) is 31.6. The Labute approximate surface area is 191 Å². The lowest BCUT2D eigenvalue weighted by atomic mass is 10.2. The molecule has 12 heteroatoms. The van der Waals surface area contributed by atoms with Crippen molar-refractivity contribution in [2.75, 3.05) is 6.61 Å². The van der Waals surface area contributed by atoms with Crippen molar-refractivity contribution in [2.45, 2.75) is 43.4 Å². The van der Waals surface area contributed by atoms with E-state index in [-0.39, 0.29) is 6.61 Å². The molecular weight excluding hydrogens is 448 g/mol. The Kier molecular flexibility index (Phi) is 5.67. The van der Waals surface area contributed by atoms with Crippen LogP contribution in [0.15, 0.2) is 43.5 Å². The molecule has 0 saturated heterocycles.